The number of non-ortho nitro benzene ring substituents is 1. The van der Waals surface area contributed by atoms with Crippen LogP contribution in [0.15, 0.2) is 70.5 Å². The van der Waals surface area contributed by atoms with E-state index in [0.717, 1.165) is 39.4 Å². The van der Waals surface area contributed by atoms with E-state index in [1.165, 1.54) is 0 Å². The average molecular weight is 564 g/mol. The van der Waals surface area contributed by atoms with Gasteiger partial charge in [-0.25, -0.2) is 0 Å². The van der Waals surface area contributed by atoms with Crippen LogP contribution in [-0.4, -0.2) is 50.8 Å². The van der Waals surface area contributed by atoms with Crippen molar-refractivity contribution in [3.8, 4) is 22.8 Å². The molecule has 0 saturated carbocycles. The van der Waals surface area contributed by atoms with E-state index in [9.17, 15) is 46.2 Å². The second-order valence-corrected chi connectivity index (χ2v) is 10.5. The molecule has 1 heterocycles. The molecule has 18 heteroatoms. The van der Waals surface area contributed by atoms with E-state index >= 15 is 0 Å². The summed E-state index contributed by atoms with van der Waals surface area (Å²) in [5.41, 5.74) is -0.876. The number of hydrogen-bond acceptors (Lipinski definition) is 10. The van der Waals surface area contributed by atoms with E-state index in [4.69, 9.17) is 0 Å². The Hall–Kier alpha value is -4.65. The average Bonchev–Trinajstić information content (AvgIpc) is 3.27. The summed E-state index contributed by atoms with van der Waals surface area (Å²) < 4.78 is 66.2. The van der Waals surface area contributed by atoms with Crippen LogP contribution >= 0.6 is 0 Å². The summed E-state index contributed by atoms with van der Waals surface area (Å²) in [6.45, 7) is 1.79. The SMILES string of the molecule is Cc1ccc(-n2nc(-c3ccc(S(=O)(=O)O)cc3S(=O)(=O)O)n[n+]2-c2ccc([N+](=O)[O-])cc2[N+](=O)[O-])cc1. The summed E-state index contributed by atoms with van der Waals surface area (Å²) in [5, 5.41) is 31.3. The Morgan fingerprint density at radius 3 is 2.08 bits per heavy atom. The Bertz CT molecular complexity index is 1830. The standard InChI is InChI=1S/C20H14N6O10S2/c1-12-2-4-13(5-3-12)23-21-20(16-8-7-15(37(31,32)33)11-19(16)38(34,35)36)22-24(23)17-9-6-14(25(27)28)10-18(17)26(29)30/h2-11H,1H3,(H-,31,32,33,34,35,36)/p+1. The molecule has 0 radical (unpaired) electrons. The Balaban J connectivity index is 2.06. The van der Waals surface area contributed by atoms with Crippen molar-refractivity contribution in [2.24, 2.45) is 0 Å². The van der Waals surface area contributed by atoms with Crippen molar-refractivity contribution in [1.29, 1.82) is 0 Å². The van der Waals surface area contributed by atoms with Gasteiger partial charge in [-0.15, -0.1) is 0 Å². The van der Waals surface area contributed by atoms with Gasteiger partial charge in [-0.05, 0) is 47.2 Å². The molecule has 16 nitrogen and oxygen atoms in total. The predicted octanol–water partition coefficient (Wildman–Crippen LogP) is 1.83. The van der Waals surface area contributed by atoms with Crippen LogP contribution in [0.2, 0.25) is 0 Å². The lowest BCUT2D eigenvalue weighted by Crippen LogP contribution is -2.43. The number of aryl methyl sites for hydroxylation is 1. The van der Waals surface area contributed by atoms with Crippen molar-refractivity contribution in [3.63, 3.8) is 0 Å². The summed E-state index contributed by atoms with van der Waals surface area (Å²) in [6, 6.07) is 11.5. The van der Waals surface area contributed by atoms with Crippen LogP contribution in [0.1, 0.15) is 5.56 Å². The molecule has 0 aliphatic heterocycles. The van der Waals surface area contributed by atoms with Crippen molar-refractivity contribution >= 4 is 31.6 Å². The minimum Gasteiger partial charge on any atom is -0.282 e. The van der Waals surface area contributed by atoms with Gasteiger partial charge in [-0.1, -0.05) is 17.7 Å². The number of tetrazole rings is 1. The van der Waals surface area contributed by atoms with Gasteiger partial charge in [0.05, 0.1) is 31.5 Å². The maximum Gasteiger partial charge on any atom is 0.341 e. The number of nitrogens with zero attached hydrogens (tertiary/aromatic N) is 6. The van der Waals surface area contributed by atoms with Gasteiger partial charge in [-0.2, -0.15) is 16.8 Å². The molecule has 1 aromatic heterocycles. The number of aromatic nitrogens is 4. The highest BCUT2D eigenvalue weighted by atomic mass is 32.2. The molecule has 0 saturated heterocycles. The minimum absolute atomic E-state index is 0.282. The maximum atomic E-state index is 12.1. The third kappa shape index (κ3) is 5.09. The van der Waals surface area contributed by atoms with Crippen molar-refractivity contribution in [2.75, 3.05) is 0 Å². The van der Waals surface area contributed by atoms with Crippen LogP contribution in [0, 0.1) is 27.2 Å². The van der Waals surface area contributed by atoms with Crippen LogP contribution in [0.5, 0.6) is 0 Å². The van der Waals surface area contributed by atoms with Crippen molar-refractivity contribution in [1.82, 2.24) is 15.0 Å². The van der Waals surface area contributed by atoms with Gasteiger partial charge in [0.1, 0.15) is 10.6 Å². The molecule has 0 aliphatic carbocycles. The molecule has 0 amide bonds. The zero-order valence-electron chi connectivity index (χ0n) is 18.9. The van der Waals surface area contributed by atoms with Crippen molar-refractivity contribution < 1.29 is 40.6 Å². The first-order valence-corrected chi connectivity index (χ1v) is 13.0. The van der Waals surface area contributed by atoms with E-state index in [-0.39, 0.29) is 11.4 Å². The third-order valence-electron chi connectivity index (χ3n) is 5.17. The lowest BCUT2D eigenvalue weighted by Gasteiger charge is -2.03. The van der Waals surface area contributed by atoms with Gasteiger partial charge in [-0.3, -0.25) is 29.3 Å². The van der Waals surface area contributed by atoms with E-state index in [2.05, 4.69) is 10.2 Å². The summed E-state index contributed by atoms with van der Waals surface area (Å²) in [5.74, 6) is -0.437. The molecule has 196 valence electrons. The topological polar surface area (TPSA) is 230 Å². The molecule has 0 fully saturated rings. The fourth-order valence-electron chi connectivity index (χ4n) is 3.40. The minimum atomic E-state index is -5.10. The second-order valence-electron chi connectivity index (χ2n) is 7.73. The molecular weight excluding hydrogens is 548 g/mol. The molecule has 4 rings (SSSR count). The smallest absolute Gasteiger partial charge is 0.282 e. The number of hydrogen-bond donors (Lipinski definition) is 2. The molecule has 0 bridgehead atoms. The lowest BCUT2D eigenvalue weighted by molar-refractivity contribution is -0.736. The zero-order chi connectivity index (χ0) is 28.0. The normalized spacial score (nSPS) is 11.9. The van der Waals surface area contributed by atoms with Gasteiger partial charge in [0.15, 0.2) is 0 Å². The molecular formula is C20H15N6O10S2+. The monoisotopic (exact) mass is 563 g/mol. The number of nitro groups is 2. The number of benzene rings is 3. The van der Waals surface area contributed by atoms with Crippen LogP contribution in [0.3, 0.4) is 0 Å². The Morgan fingerprint density at radius 1 is 0.868 bits per heavy atom. The highest BCUT2D eigenvalue weighted by Gasteiger charge is 2.33. The highest BCUT2D eigenvalue weighted by molar-refractivity contribution is 7.86. The van der Waals surface area contributed by atoms with Gasteiger partial charge in [0.2, 0.25) is 0 Å². The summed E-state index contributed by atoms with van der Waals surface area (Å²) in [7, 11) is -9.96. The summed E-state index contributed by atoms with van der Waals surface area (Å²) in [4.78, 5) is 21.3. The fraction of sp³-hybridized carbons (Fsp3) is 0.0500. The molecule has 3 aromatic carbocycles. The molecule has 38 heavy (non-hydrogen) atoms. The fourth-order valence-corrected chi connectivity index (χ4v) is 4.69. The molecule has 2 N–H and O–H groups in total. The van der Waals surface area contributed by atoms with Crippen LogP contribution in [0.25, 0.3) is 22.8 Å². The summed E-state index contributed by atoms with van der Waals surface area (Å²) in [6.07, 6.45) is 0. The van der Waals surface area contributed by atoms with Gasteiger partial charge < -0.3 is 0 Å². The Labute approximate surface area is 213 Å². The van der Waals surface area contributed by atoms with Crippen molar-refractivity contribution in [3.05, 3.63) is 86.5 Å². The first kappa shape index (κ1) is 26.4. The predicted molar refractivity (Wildman–Crippen MR) is 126 cm³/mol. The van der Waals surface area contributed by atoms with E-state index in [1.807, 2.05) is 0 Å². The first-order chi connectivity index (χ1) is 17.7. The molecule has 0 unspecified atom stereocenters. The van der Waals surface area contributed by atoms with Crippen molar-refractivity contribution in [2.45, 2.75) is 16.7 Å². The van der Waals surface area contributed by atoms with E-state index in [1.54, 1.807) is 31.2 Å². The molecule has 0 atom stereocenters. The van der Waals surface area contributed by atoms with Crippen LogP contribution in [-0.2, 0) is 20.2 Å². The largest absolute Gasteiger partial charge is 0.341 e. The van der Waals surface area contributed by atoms with E-state index < -0.39 is 62.6 Å². The molecule has 4 aromatic rings. The van der Waals surface area contributed by atoms with Gasteiger partial charge in [0, 0.05) is 16.9 Å². The van der Waals surface area contributed by atoms with Gasteiger partial charge >= 0.3 is 11.5 Å². The van der Waals surface area contributed by atoms with Crippen LogP contribution < -0.4 is 4.80 Å². The Morgan fingerprint density at radius 2 is 1.53 bits per heavy atom. The number of nitro benzene ring substituents is 2. The third-order valence-corrected chi connectivity index (χ3v) is 6.92. The highest BCUT2D eigenvalue weighted by Crippen LogP contribution is 2.29. The lowest BCUT2D eigenvalue weighted by atomic mass is 10.2. The van der Waals surface area contributed by atoms with Gasteiger partial charge in [0.25, 0.3) is 31.6 Å². The molecule has 0 aliphatic rings. The zero-order valence-corrected chi connectivity index (χ0v) is 20.6. The number of rotatable bonds is 7. The quantitative estimate of drug-likeness (QED) is 0.142. The van der Waals surface area contributed by atoms with Crippen LogP contribution in [0.4, 0.5) is 11.4 Å². The second kappa shape index (κ2) is 9.34. The maximum absolute atomic E-state index is 12.1. The summed E-state index contributed by atoms with van der Waals surface area (Å²) >= 11 is 0. The first-order valence-electron chi connectivity index (χ1n) is 10.2. The van der Waals surface area contributed by atoms with E-state index in [0.29, 0.717) is 12.1 Å². The Kier molecular flexibility index (Phi) is 6.49. The molecule has 0 spiro atoms.